The molecule has 1 N–H and O–H groups in total. The van der Waals surface area contributed by atoms with Crippen molar-refractivity contribution in [3.8, 4) is 0 Å². The van der Waals surface area contributed by atoms with Crippen LogP contribution in [0.3, 0.4) is 0 Å². The molecular formula is C13H13N5O4S. The van der Waals surface area contributed by atoms with Crippen LogP contribution in [0.4, 0.5) is 0 Å². The van der Waals surface area contributed by atoms with Crippen LogP contribution in [-0.2, 0) is 29.2 Å². The Morgan fingerprint density at radius 1 is 1.52 bits per heavy atom. The van der Waals surface area contributed by atoms with E-state index < -0.39 is 0 Å². The molecule has 9 nitrogen and oxygen atoms in total. The predicted octanol–water partition coefficient (Wildman–Crippen LogP) is 0.304. The van der Waals surface area contributed by atoms with Gasteiger partial charge in [0.25, 0.3) is 5.56 Å². The molecule has 23 heavy (non-hydrogen) atoms. The summed E-state index contributed by atoms with van der Waals surface area (Å²) in [5.74, 6) is 0.321. The van der Waals surface area contributed by atoms with Gasteiger partial charge in [0.05, 0.1) is 18.4 Å². The minimum Gasteiger partial charge on any atom is -0.377 e. The van der Waals surface area contributed by atoms with Crippen molar-refractivity contribution in [3.63, 3.8) is 0 Å². The summed E-state index contributed by atoms with van der Waals surface area (Å²) in [6.07, 6.45) is 1.36. The molecule has 10 heteroatoms. The van der Waals surface area contributed by atoms with Gasteiger partial charge in [-0.05, 0) is 11.4 Å². The molecule has 0 spiro atoms. The highest BCUT2D eigenvalue weighted by Gasteiger charge is 2.11. The summed E-state index contributed by atoms with van der Waals surface area (Å²) >= 11 is 1.30. The van der Waals surface area contributed by atoms with Crippen LogP contribution < -0.4 is 10.9 Å². The topological polar surface area (TPSA) is 112 Å². The lowest BCUT2D eigenvalue weighted by molar-refractivity contribution is -0.122. The fraction of sp³-hybridized carbons (Fsp3) is 0.308. The third-order valence-electron chi connectivity index (χ3n) is 2.97. The molecule has 0 bridgehead atoms. The smallest absolute Gasteiger partial charge is 0.271 e. The Kier molecular flexibility index (Phi) is 4.44. The van der Waals surface area contributed by atoms with Gasteiger partial charge in [-0.1, -0.05) is 5.16 Å². The van der Waals surface area contributed by atoms with Crippen molar-refractivity contribution < 1.29 is 14.1 Å². The van der Waals surface area contributed by atoms with E-state index in [2.05, 4.69) is 20.4 Å². The first kappa shape index (κ1) is 15.3. The Bertz CT molecular complexity index is 884. The van der Waals surface area contributed by atoms with E-state index in [1.807, 2.05) is 0 Å². The maximum absolute atomic E-state index is 12.2. The lowest BCUT2D eigenvalue weighted by atomic mass is 10.4. The zero-order valence-electron chi connectivity index (χ0n) is 12.2. The lowest BCUT2D eigenvalue weighted by Crippen LogP contribution is -2.32. The van der Waals surface area contributed by atoms with Crippen LogP contribution in [0.1, 0.15) is 11.7 Å². The molecule has 3 heterocycles. The largest absolute Gasteiger partial charge is 0.377 e. The minimum atomic E-state index is -0.351. The number of nitrogens with zero attached hydrogens (tertiary/aromatic N) is 4. The molecule has 0 aromatic carbocycles. The number of amides is 1. The van der Waals surface area contributed by atoms with Crippen molar-refractivity contribution in [2.75, 3.05) is 7.11 Å². The molecule has 0 aliphatic rings. The summed E-state index contributed by atoms with van der Waals surface area (Å²) in [6.45, 7) is 0.192. The van der Waals surface area contributed by atoms with Crippen LogP contribution in [0.2, 0.25) is 0 Å². The average molecular weight is 335 g/mol. The third kappa shape index (κ3) is 3.43. The number of hydrogen-bond donors (Lipinski definition) is 1. The molecule has 120 valence electrons. The molecular weight excluding hydrogens is 322 g/mol. The van der Waals surface area contributed by atoms with Crippen molar-refractivity contribution >= 4 is 27.5 Å². The second-order valence-electron chi connectivity index (χ2n) is 4.63. The molecule has 3 aromatic rings. The number of ether oxygens (including phenoxy) is 1. The summed E-state index contributed by atoms with van der Waals surface area (Å²) in [5.41, 5.74) is 0.397. The van der Waals surface area contributed by atoms with Crippen molar-refractivity contribution in [2.24, 2.45) is 0 Å². The molecule has 0 saturated heterocycles. The van der Waals surface area contributed by atoms with Gasteiger partial charge < -0.3 is 14.6 Å². The normalized spacial score (nSPS) is 11.0. The Morgan fingerprint density at radius 3 is 3.22 bits per heavy atom. The Labute approximate surface area is 133 Å². The van der Waals surface area contributed by atoms with E-state index in [1.54, 1.807) is 11.4 Å². The zero-order valence-corrected chi connectivity index (χ0v) is 13.0. The maximum Gasteiger partial charge on any atom is 0.271 e. The molecule has 0 saturated carbocycles. The Morgan fingerprint density at radius 2 is 2.39 bits per heavy atom. The molecule has 0 fully saturated rings. The molecule has 1 amide bonds. The summed E-state index contributed by atoms with van der Waals surface area (Å²) in [5, 5.41) is 8.08. The monoisotopic (exact) mass is 335 g/mol. The van der Waals surface area contributed by atoms with Crippen molar-refractivity contribution in [1.29, 1.82) is 0 Å². The quantitative estimate of drug-likeness (QED) is 0.689. The first-order valence-corrected chi connectivity index (χ1v) is 7.55. The molecule has 3 aromatic heterocycles. The number of hydrogen-bond acceptors (Lipinski definition) is 8. The Balaban J connectivity index is 1.61. The highest BCUT2D eigenvalue weighted by atomic mass is 32.1. The van der Waals surface area contributed by atoms with Crippen molar-refractivity contribution in [1.82, 2.24) is 25.0 Å². The van der Waals surface area contributed by atoms with E-state index in [0.717, 1.165) is 0 Å². The third-order valence-corrected chi connectivity index (χ3v) is 3.86. The maximum atomic E-state index is 12.2. The second kappa shape index (κ2) is 6.67. The van der Waals surface area contributed by atoms with Gasteiger partial charge in [-0.15, -0.1) is 11.3 Å². The van der Waals surface area contributed by atoms with Crippen LogP contribution in [0.15, 0.2) is 27.1 Å². The lowest BCUT2D eigenvalue weighted by Gasteiger charge is -2.05. The van der Waals surface area contributed by atoms with Crippen LogP contribution in [0.25, 0.3) is 10.2 Å². The highest BCUT2D eigenvalue weighted by molar-refractivity contribution is 7.17. The molecule has 0 aliphatic heterocycles. The molecule has 0 aliphatic carbocycles. The van der Waals surface area contributed by atoms with E-state index in [0.29, 0.717) is 16.0 Å². The predicted molar refractivity (Wildman–Crippen MR) is 80.7 cm³/mol. The van der Waals surface area contributed by atoms with Gasteiger partial charge in [0.1, 0.15) is 17.9 Å². The van der Waals surface area contributed by atoms with Gasteiger partial charge in [-0.3, -0.25) is 14.2 Å². The van der Waals surface area contributed by atoms with Crippen LogP contribution >= 0.6 is 11.3 Å². The second-order valence-corrected chi connectivity index (χ2v) is 5.54. The number of aromatic nitrogens is 4. The van der Waals surface area contributed by atoms with Gasteiger partial charge in [-0.2, -0.15) is 4.98 Å². The van der Waals surface area contributed by atoms with Gasteiger partial charge >= 0.3 is 0 Å². The molecule has 0 atom stereocenters. The first-order chi connectivity index (χ1) is 11.2. The number of fused-ring (bicyclic) bond motifs is 1. The number of carbonyl (C=O) groups excluding carboxylic acids is 1. The number of methoxy groups -OCH3 is 1. The zero-order chi connectivity index (χ0) is 16.2. The fourth-order valence-electron chi connectivity index (χ4n) is 1.93. The van der Waals surface area contributed by atoms with Gasteiger partial charge in [0.15, 0.2) is 5.82 Å². The van der Waals surface area contributed by atoms with Gasteiger partial charge in [0, 0.05) is 7.11 Å². The van der Waals surface area contributed by atoms with E-state index in [1.165, 1.54) is 29.3 Å². The highest BCUT2D eigenvalue weighted by Crippen LogP contribution is 2.12. The van der Waals surface area contributed by atoms with Crippen LogP contribution in [0, 0.1) is 0 Å². The van der Waals surface area contributed by atoms with Crippen LogP contribution in [-0.4, -0.2) is 32.7 Å². The summed E-state index contributed by atoms with van der Waals surface area (Å²) in [4.78, 5) is 32.3. The van der Waals surface area contributed by atoms with E-state index in [-0.39, 0.29) is 37.1 Å². The summed E-state index contributed by atoms with van der Waals surface area (Å²) in [7, 11) is 1.52. The fourth-order valence-corrected chi connectivity index (χ4v) is 2.72. The molecule has 0 unspecified atom stereocenters. The van der Waals surface area contributed by atoms with Gasteiger partial charge in [-0.25, -0.2) is 4.98 Å². The molecule has 3 rings (SSSR count). The SMILES string of the molecule is COCc1noc(CNC(=O)Cn2cnc3ccsc3c2=O)n1. The first-order valence-electron chi connectivity index (χ1n) is 6.67. The standard InChI is InChI=1S/C13H13N5O4S/c1-21-6-9-16-11(22-17-9)4-14-10(19)5-18-7-15-8-2-3-23-12(8)13(18)20/h2-3,7H,4-6H2,1H3,(H,14,19). The van der Waals surface area contributed by atoms with Crippen molar-refractivity contribution in [3.05, 3.63) is 39.8 Å². The number of nitrogens with one attached hydrogen (secondary N) is 1. The molecule has 0 radical (unpaired) electrons. The summed E-state index contributed by atoms with van der Waals surface area (Å²) < 4.78 is 11.6. The minimum absolute atomic E-state index is 0.0823. The number of rotatable bonds is 6. The average Bonchev–Trinajstić information content (AvgIpc) is 3.18. The number of thiophene rings is 1. The Hall–Kier alpha value is -2.59. The van der Waals surface area contributed by atoms with E-state index in [4.69, 9.17) is 9.26 Å². The van der Waals surface area contributed by atoms with E-state index in [9.17, 15) is 9.59 Å². The number of carbonyl (C=O) groups is 1. The summed E-state index contributed by atoms with van der Waals surface area (Å²) in [6, 6.07) is 1.76. The van der Waals surface area contributed by atoms with E-state index >= 15 is 0 Å². The van der Waals surface area contributed by atoms with Gasteiger partial charge in [0.2, 0.25) is 11.8 Å². The van der Waals surface area contributed by atoms with Crippen LogP contribution in [0.5, 0.6) is 0 Å². The van der Waals surface area contributed by atoms with Crippen molar-refractivity contribution in [2.45, 2.75) is 19.7 Å².